The molecule has 0 aliphatic rings. The van der Waals surface area contributed by atoms with Crippen molar-refractivity contribution in [3.05, 3.63) is 35.4 Å². The van der Waals surface area contributed by atoms with Gasteiger partial charge in [-0.05, 0) is 17.5 Å². The second kappa shape index (κ2) is 4.77. The van der Waals surface area contributed by atoms with E-state index in [-0.39, 0.29) is 5.56 Å². The van der Waals surface area contributed by atoms with Crippen LogP contribution >= 0.6 is 0 Å². The fourth-order valence-corrected chi connectivity index (χ4v) is 1.80. The molecule has 94 valence electrons. The first kappa shape index (κ1) is 13.5. The third-order valence-electron chi connectivity index (χ3n) is 2.53. The first-order valence-electron chi connectivity index (χ1n) is 5.14. The van der Waals surface area contributed by atoms with Crippen LogP contribution in [0.4, 0.5) is 13.2 Å². The fraction of sp³-hybridized carbons (Fsp3) is 0.417. The molecule has 0 saturated carbocycles. The molecule has 0 fully saturated rings. The van der Waals surface area contributed by atoms with Crippen LogP contribution in [0.1, 0.15) is 30.9 Å². The summed E-state index contributed by atoms with van der Waals surface area (Å²) in [6, 6.07) is 4.81. The van der Waals surface area contributed by atoms with E-state index in [1.165, 1.54) is 18.2 Å². The van der Waals surface area contributed by atoms with Crippen molar-refractivity contribution in [3.8, 4) is 0 Å². The first-order chi connectivity index (χ1) is 7.75. The van der Waals surface area contributed by atoms with Crippen LogP contribution in [0.25, 0.3) is 0 Å². The van der Waals surface area contributed by atoms with Crippen LogP contribution in [0.3, 0.4) is 0 Å². The van der Waals surface area contributed by atoms with E-state index in [1.54, 1.807) is 13.8 Å². The summed E-state index contributed by atoms with van der Waals surface area (Å²) in [5.41, 5.74) is -1.05. The quantitative estimate of drug-likeness (QED) is 0.885. The molecule has 17 heavy (non-hydrogen) atoms. The van der Waals surface area contributed by atoms with Crippen molar-refractivity contribution >= 4 is 5.97 Å². The monoisotopic (exact) mass is 246 g/mol. The van der Waals surface area contributed by atoms with Crippen LogP contribution in [-0.2, 0) is 11.0 Å². The minimum atomic E-state index is -4.53. The molecule has 0 spiro atoms. The highest BCUT2D eigenvalue weighted by atomic mass is 19.4. The van der Waals surface area contributed by atoms with E-state index in [0.717, 1.165) is 6.07 Å². The summed E-state index contributed by atoms with van der Waals surface area (Å²) in [6.07, 6.45) is -4.53. The average Bonchev–Trinajstić information content (AvgIpc) is 2.15. The average molecular weight is 246 g/mol. The third kappa shape index (κ3) is 2.99. The van der Waals surface area contributed by atoms with Gasteiger partial charge in [-0.25, -0.2) is 0 Å². The van der Waals surface area contributed by atoms with Crippen LogP contribution in [-0.4, -0.2) is 11.1 Å². The molecule has 0 aromatic heterocycles. The van der Waals surface area contributed by atoms with Gasteiger partial charge in [0.1, 0.15) is 0 Å². The summed E-state index contributed by atoms with van der Waals surface area (Å²) in [5.74, 6) is -2.79. The molecule has 1 unspecified atom stereocenters. The van der Waals surface area contributed by atoms with E-state index in [4.69, 9.17) is 5.11 Å². The Labute approximate surface area is 97.1 Å². The number of hydrogen-bond donors (Lipinski definition) is 1. The second-order valence-corrected chi connectivity index (χ2v) is 4.14. The zero-order valence-electron chi connectivity index (χ0n) is 9.45. The Balaban J connectivity index is 3.34. The third-order valence-corrected chi connectivity index (χ3v) is 2.53. The predicted octanol–water partition coefficient (Wildman–Crippen LogP) is 3.53. The molecule has 0 aliphatic carbocycles. The van der Waals surface area contributed by atoms with E-state index in [2.05, 4.69) is 0 Å². The normalized spacial score (nSPS) is 13.8. The highest BCUT2D eigenvalue weighted by molar-refractivity contribution is 5.77. The van der Waals surface area contributed by atoms with Gasteiger partial charge in [-0.15, -0.1) is 0 Å². The maximum absolute atomic E-state index is 12.7. The zero-order valence-corrected chi connectivity index (χ0v) is 9.45. The summed E-state index contributed by atoms with van der Waals surface area (Å²) >= 11 is 0. The number of benzene rings is 1. The SMILES string of the molecule is CC(C)C(C(=O)O)c1ccccc1C(F)(F)F. The van der Waals surface area contributed by atoms with Crippen molar-refractivity contribution in [3.63, 3.8) is 0 Å². The Morgan fingerprint density at radius 2 is 1.76 bits per heavy atom. The molecule has 1 atom stereocenters. The van der Waals surface area contributed by atoms with E-state index in [1.807, 2.05) is 0 Å². The summed E-state index contributed by atoms with van der Waals surface area (Å²) < 4.78 is 38.2. The molecule has 0 bridgehead atoms. The van der Waals surface area contributed by atoms with Gasteiger partial charge in [0.25, 0.3) is 0 Å². The van der Waals surface area contributed by atoms with Gasteiger partial charge in [-0.2, -0.15) is 13.2 Å². The van der Waals surface area contributed by atoms with Gasteiger partial charge in [0.2, 0.25) is 0 Å². The molecule has 0 saturated heterocycles. The molecule has 5 heteroatoms. The molecule has 0 aliphatic heterocycles. The number of hydrogen-bond acceptors (Lipinski definition) is 1. The van der Waals surface area contributed by atoms with Crippen molar-refractivity contribution < 1.29 is 23.1 Å². The lowest BCUT2D eigenvalue weighted by atomic mass is 9.85. The van der Waals surface area contributed by atoms with Crippen molar-refractivity contribution in [1.29, 1.82) is 0 Å². The predicted molar refractivity (Wildman–Crippen MR) is 56.7 cm³/mol. The van der Waals surface area contributed by atoms with Gasteiger partial charge < -0.3 is 5.11 Å². The molecular weight excluding hydrogens is 233 g/mol. The van der Waals surface area contributed by atoms with Crippen molar-refractivity contribution in [1.82, 2.24) is 0 Å². The molecule has 0 amide bonds. The number of carboxylic acid groups (broad SMARTS) is 1. The summed E-state index contributed by atoms with van der Waals surface area (Å²) in [6.45, 7) is 3.18. The lowest BCUT2D eigenvalue weighted by Gasteiger charge is -2.21. The molecule has 1 N–H and O–H groups in total. The first-order valence-corrected chi connectivity index (χ1v) is 5.14. The van der Waals surface area contributed by atoms with E-state index in [9.17, 15) is 18.0 Å². The Bertz CT molecular complexity index is 410. The number of carboxylic acids is 1. The van der Waals surface area contributed by atoms with Crippen molar-refractivity contribution in [2.45, 2.75) is 25.9 Å². The highest BCUT2D eigenvalue weighted by Gasteiger charge is 2.37. The molecule has 0 heterocycles. The Morgan fingerprint density at radius 1 is 1.24 bits per heavy atom. The minimum Gasteiger partial charge on any atom is -0.481 e. The van der Waals surface area contributed by atoms with Crippen LogP contribution in [0.5, 0.6) is 0 Å². The van der Waals surface area contributed by atoms with Gasteiger partial charge >= 0.3 is 12.1 Å². The largest absolute Gasteiger partial charge is 0.481 e. The van der Waals surface area contributed by atoms with Gasteiger partial charge in [-0.3, -0.25) is 4.79 Å². The maximum Gasteiger partial charge on any atom is 0.416 e. The highest BCUT2D eigenvalue weighted by Crippen LogP contribution is 2.37. The number of halogens is 3. The van der Waals surface area contributed by atoms with Gasteiger partial charge in [0, 0.05) is 0 Å². The summed E-state index contributed by atoms with van der Waals surface area (Å²) in [5, 5.41) is 9.02. The molecule has 0 radical (unpaired) electrons. The Kier molecular flexibility index (Phi) is 3.80. The molecule has 1 rings (SSSR count). The minimum absolute atomic E-state index is 0.178. The fourth-order valence-electron chi connectivity index (χ4n) is 1.80. The number of carbonyl (C=O) groups is 1. The molecule has 1 aromatic rings. The second-order valence-electron chi connectivity index (χ2n) is 4.14. The van der Waals surface area contributed by atoms with Gasteiger partial charge in [-0.1, -0.05) is 32.0 Å². The van der Waals surface area contributed by atoms with E-state index < -0.39 is 29.5 Å². The van der Waals surface area contributed by atoms with Gasteiger partial charge in [0.05, 0.1) is 11.5 Å². The molecule has 1 aromatic carbocycles. The van der Waals surface area contributed by atoms with Crippen LogP contribution in [0, 0.1) is 5.92 Å². The maximum atomic E-state index is 12.7. The van der Waals surface area contributed by atoms with Crippen LogP contribution < -0.4 is 0 Å². The number of rotatable bonds is 3. The number of alkyl halides is 3. The summed E-state index contributed by atoms with van der Waals surface area (Å²) in [4.78, 5) is 11.1. The van der Waals surface area contributed by atoms with E-state index in [0.29, 0.717) is 0 Å². The Morgan fingerprint density at radius 3 is 2.18 bits per heavy atom. The topological polar surface area (TPSA) is 37.3 Å². The molecular formula is C12H13F3O2. The summed E-state index contributed by atoms with van der Waals surface area (Å²) in [7, 11) is 0. The smallest absolute Gasteiger partial charge is 0.416 e. The molecule has 2 nitrogen and oxygen atoms in total. The van der Waals surface area contributed by atoms with Crippen molar-refractivity contribution in [2.24, 2.45) is 5.92 Å². The zero-order chi connectivity index (χ0) is 13.2. The van der Waals surface area contributed by atoms with Crippen molar-refractivity contribution in [2.75, 3.05) is 0 Å². The van der Waals surface area contributed by atoms with E-state index >= 15 is 0 Å². The van der Waals surface area contributed by atoms with Gasteiger partial charge in [0.15, 0.2) is 0 Å². The number of aliphatic carboxylic acids is 1. The Hall–Kier alpha value is -1.52. The van der Waals surface area contributed by atoms with Crippen LogP contribution in [0.2, 0.25) is 0 Å². The lowest BCUT2D eigenvalue weighted by Crippen LogP contribution is -2.21. The lowest BCUT2D eigenvalue weighted by molar-refractivity contribution is -0.142. The van der Waals surface area contributed by atoms with Crippen LogP contribution in [0.15, 0.2) is 24.3 Å². The standard InChI is InChI=1S/C12H13F3O2/c1-7(2)10(11(16)17)8-5-3-4-6-9(8)12(13,14)15/h3-7,10H,1-2H3,(H,16,17).